The van der Waals surface area contributed by atoms with Gasteiger partial charge < -0.3 is 10.4 Å². The van der Waals surface area contributed by atoms with E-state index in [1.54, 1.807) is 25.3 Å². The minimum Gasteiger partial charge on any atom is -0.392 e. The Labute approximate surface area is 90.5 Å². The average molecular weight is 259 g/mol. The number of hydrogen-bond acceptors (Lipinski definition) is 3. The maximum Gasteiger partial charge on any atom is 0.254 e. The molecule has 1 unspecified atom stereocenters. The van der Waals surface area contributed by atoms with Crippen molar-refractivity contribution in [3.05, 3.63) is 28.5 Å². The van der Waals surface area contributed by atoms with E-state index in [0.717, 1.165) is 0 Å². The average Bonchev–Trinajstić information content (AvgIpc) is 2.15. The summed E-state index contributed by atoms with van der Waals surface area (Å²) < 4.78 is 0.503. The molecule has 14 heavy (non-hydrogen) atoms. The van der Waals surface area contributed by atoms with Crippen molar-refractivity contribution in [2.24, 2.45) is 0 Å². The topological polar surface area (TPSA) is 62.2 Å². The first kappa shape index (κ1) is 11.1. The largest absolute Gasteiger partial charge is 0.392 e. The van der Waals surface area contributed by atoms with Crippen LogP contribution in [0.1, 0.15) is 17.3 Å². The molecule has 0 fully saturated rings. The molecule has 0 aliphatic heterocycles. The third-order valence-electron chi connectivity index (χ3n) is 1.56. The van der Waals surface area contributed by atoms with Gasteiger partial charge in [-0.05, 0) is 35.0 Å². The van der Waals surface area contributed by atoms with Crippen molar-refractivity contribution in [3.8, 4) is 0 Å². The fraction of sp³-hybridized carbons (Fsp3) is 0.333. The minimum atomic E-state index is -0.547. The molecule has 4 nitrogen and oxygen atoms in total. The van der Waals surface area contributed by atoms with Crippen molar-refractivity contribution in [2.75, 3.05) is 6.54 Å². The Hall–Kier alpha value is -0.940. The smallest absolute Gasteiger partial charge is 0.254 e. The maximum absolute atomic E-state index is 11.5. The van der Waals surface area contributed by atoms with E-state index in [-0.39, 0.29) is 12.5 Å². The standard InChI is InChI=1S/C9H11BrN2O2/c1-6(13)5-12-9(14)7-3-2-4-11-8(7)10/h2-4,6,13H,5H2,1H3,(H,12,14). The lowest BCUT2D eigenvalue weighted by atomic mass is 10.2. The van der Waals surface area contributed by atoms with Gasteiger partial charge in [0.2, 0.25) is 0 Å². The van der Waals surface area contributed by atoms with Gasteiger partial charge in [0, 0.05) is 12.7 Å². The number of rotatable bonds is 3. The summed E-state index contributed by atoms with van der Waals surface area (Å²) in [5.41, 5.74) is 0.466. The summed E-state index contributed by atoms with van der Waals surface area (Å²) in [7, 11) is 0. The van der Waals surface area contributed by atoms with Crippen LogP contribution < -0.4 is 5.32 Å². The summed E-state index contributed by atoms with van der Waals surface area (Å²) in [5, 5.41) is 11.6. The van der Waals surface area contributed by atoms with Crippen LogP contribution in [0.4, 0.5) is 0 Å². The number of pyridine rings is 1. The number of halogens is 1. The number of aromatic nitrogens is 1. The second-order valence-electron chi connectivity index (χ2n) is 2.90. The number of amides is 1. The molecular weight excluding hydrogens is 248 g/mol. The molecule has 0 aliphatic carbocycles. The van der Waals surface area contributed by atoms with E-state index < -0.39 is 6.10 Å². The second-order valence-corrected chi connectivity index (χ2v) is 3.65. The zero-order chi connectivity index (χ0) is 10.6. The number of nitrogens with zero attached hydrogens (tertiary/aromatic N) is 1. The van der Waals surface area contributed by atoms with Gasteiger partial charge in [0.15, 0.2) is 0 Å². The first-order valence-corrected chi connectivity index (χ1v) is 4.97. The van der Waals surface area contributed by atoms with Crippen LogP contribution >= 0.6 is 15.9 Å². The highest BCUT2D eigenvalue weighted by atomic mass is 79.9. The van der Waals surface area contributed by atoms with Crippen LogP contribution in [0.2, 0.25) is 0 Å². The molecule has 0 bridgehead atoms. The molecule has 0 spiro atoms. The highest BCUT2D eigenvalue weighted by Crippen LogP contribution is 2.11. The molecule has 1 aromatic heterocycles. The van der Waals surface area contributed by atoms with Crippen molar-refractivity contribution in [2.45, 2.75) is 13.0 Å². The predicted octanol–water partition coefficient (Wildman–Crippen LogP) is 0.955. The van der Waals surface area contributed by atoms with Crippen LogP contribution in [0.5, 0.6) is 0 Å². The number of aliphatic hydroxyl groups is 1. The van der Waals surface area contributed by atoms with Crippen molar-refractivity contribution in [1.29, 1.82) is 0 Å². The number of hydrogen-bond donors (Lipinski definition) is 2. The molecule has 1 heterocycles. The number of nitrogens with one attached hydrogen (secondary N) is 1. The number of carbonyl (C=O) groups is 1. The Morgan fingerprint density at radius 2 is 2.50 bits per heavy atom. The van der Waals surface area contributed by atoms with Gasteiger partial charge in [-0.2, -0.15) is 0 Å². The van der Waals surface area contributed by atoms with Gasteiger partial charge in [-0.1, -0.05) is 0 Å². The number of carbonyl (C=O) groups excluding carboxylic acids is 1. The summed E-state index contributed by atoms with van der Waals surface area (Å²) in [6.07, 6.45) is 1.05. The van der Waals surface area contributed by atoms with Crippen LogP contribution in [0.15, 0.2) is 22.9 Å². The molecule has 0 aromatic carbocycles. The molecule has 5 heteroatoms. The zero-order valence-corrected chi connectivity index (χ0v) is 9.28. The first-order chi connectivity index (χ1) is 6.61. The molecular formula is C9H11BrN2O2. The molecule has 2 N–H and O–H groups in total. The highest BCUT2D eigenvalue weighted by Gasteiger charge is 2.09. The Morgan fingerprint density at radius 3 is 3.07 bits per heavy atom. The minimum absolute atomic E-state index is 0.236. The van der Waals surface area contributed by atoms with E-state index in [0.29, 0.717) is 10.2 Å². The summed E-state index contributed by atoms with van der Waals surface area (Å²) in [4.78, 5) is 15.4. The fourth-order valence-corrected chi connectivity index (χ4v) is 1.32. The van der Waals surface area contributed by atoms with E-state index in [1.165, 1.54) is 0 Å². The van der Waals surface area contributed by atoms with E-state index in [1.807, 2.05) is 0 Å². The monoisotopic (exact) mass is 258 g/mol. The van der Waals surface area contributed by atoms with Gasteiger partial charge in [0.1, 0.15) is 4.60 Å². The zero-order valence-electron chi connectivity index (χ0n) is 7.70. The van der Waals surface area contributed by atoms with Gasteiger partial charge in [-0.15, -0.1) is 0 Å². The van der Waals surface area contributed by atoms with Gasteiger partial charge in [0.05, 0.1) is 11.7 Å². The molecule has 0 radical (unpaired) electrons. The third-order valence-corrected chi connectivity index (χ3v) is 2.19. The third kappa shape index (κ3) is 3.08. The normalized spacial score (nSPS) is 12.2. The SMILES string of the molecule is CC(O)CNC(=O)c1cccnc1Br. The van der Waals surface area contributed by atoms with Crippen LogP contribution in [-0.4, -0.2) is 28.6 Å². The van der Waals surface area contributed by atoms with Crippen molar-refractivity contribution >= 4 is 21.8 Å². The van der Waals surface area contributed by atoms with E-state index in [9.17, 15) is 4.79 Å². The molecule has 0 saturated carbocycles. The molecule has 1 amide bonds. The molecule has 1 aromatic rings. The van der Waals surface area contributed by atoms with Crippen molar-refractivity contribution < 1.29 is 9.90 Å². The van der Waals surface area contributed by atoms with Crippen LogP contribution in [0.3, 0.4) is 0 Å². The summed E-state index contributed by atoms with van der Waals surface area (Å²) in [5.74, 6) is -0.245. The molecule has 76 valence electrons. The van der Waals surface area contributed by atoms with Crippen LogP contribution in [0.25, 0.3) is 0 Å². The lowest BCUT2D eigenvalue weighted by Gasteiger charge is -2.07. The summed E-state index contributed by atoms with van der Waals surface area (Å²) in [6, 6.07) is 3.34. The molecule has 0 saturated heterocycles. The van der Waals surface area contributed by atoms with Gasteiger partial charge in [-0.3, -0.25) is 4.79 Å². The van der Waals surface area contributed by atoms with Gasteiger partial charge >= 0.3 is 0 Å². The molecule has 1 atom stereocenters. The maximum atomic E-state index is 11.5. The fourth-order valence-electron chi connectivity index (χ4n) is 0.891. The number of aliphatic hydroxyl groups excluding tert-OH is 1. The van der Waals surface area contributed by atoms with E-state index >= 15 is 0 Å². The van der Waals surface area contributed by atoms with Gasteiger partial charge in [0.25, 0.3) is 5.91 Å². The predicted molar refractivity (Wildman–Crippen MR) is 56.0 cm³/mol. The Bertz CT molecular complexity index is 328. The summed E-state index contributed by atoms with van der Waals surface area (Å²) >= 11 is 3.17. The quantitative estimate of drug-likeness (QED) is 0.794. The molecule has 0 aliphatic rings. The summed E-state index contributed by atoms with van der Waals surface area (Å²) in [6.45, 7) is 1.85. The second kappa shape index (κ2) is 5.07. The Balaban J connectivity index is 2.65. The van der Waals surface area contributed by atoms with Crippen LogP contribution in [0, 0.1) is 0 Å². The Kier molecular flexibility index (Phi) is 4.03. The highest BCUT2D eigenvalue weighted by molar-refractivity contribution is 9.10. The molecule has 1 rings (SSSR count). The van der Waals surface area contributed by atoms with Gasteiger partial charge in [-0.25, -0.2) is 4.98 Å². The van der Waals surface area contributed by atoms with Crippen LogP contribution in [-0.2, 0) is 0 Å². The van der Waals surface area contributed by atoms with Crippen molar-refractivity contribution in [3.63, 3.8) is 0 Å². The lowest BCUT2D eigenvalue weighted by Crippen LogP contribution is -2.30. The first-order valence-electron chi connectivity index (χ1n) is 4.18. The van der Waals surface area contributed by atoms with E-state index in [2.05, 4.69) is 26.2 Å². The van der Waals surface area contributed by atoms with Crippen molar-refractivity contribution in [1.82, 2.24) is 10.3 Å². The van der Waals surface area contributed by atoms with E-state index in [4.69, 9.17) is 5.11 Å². The lowest BCUT2D eigenvalue weighted by molar-refractivity contribution is 0.0923. The Morgan fingerprint density at radius 1 is 1.79 bits per heavy atom.